The standard InChI is InChI=1S/C30H37N3O5S2/c1-6-28(30(35)31-7-2)32(20-23-9-8-10-25(19-23)38-4)29(34)21-33(24-13-11-22(3)12-14-24)40(36,37)27-17-15-26(39-5)16-18-27/h8-19,28H,6-7,20-21H2,1-5H3,(H,31,35)/t28-/m1/s1. The summed E-state index contributed by atoms with van der Waals surface area (Å²) in [5, 5.41) is 2.81. The molecular weight excluding hydrogens is 546 g/mol. The van der Waals surface area contributed by atoms with Crippen molar-refractivity contribution >= 4 is 39.3 Å². The van der Waals surface area contributed by atoms with Crippen molar-refractivity contribution in [3.05, 3.63) is 83.9 Å². The average molecular weight is 584 g/mol. The number of rotatable bonds is 13. The second-order valence-corrected chi connectivity index (χ2v) is 12.0. The van der Waals surface area contributed by atoms with E-state index in [1.807, 2.05) is 39.2 Å². The van der Waals surface area contributed by atoms with Gasteiger partial charge in [0.05, 0.1) is 17.7 Å². The van der Waals surface area contributed by atoms with E-state index >= 15 is 0 Å². The van der Waals surface area contributed by atoms with E-state index < -0.39 is 28.5 Å². The van der Waals surface area contributed by atoms with Crippen LogP contribution >= 0.6 is 11.8 Å². The molecule has 0 saturated heterocycles. The molecule has 0 aliphatic rings. The molecular formula is C30H37N3O5S2. The largest absolute Gasteiger partial charge is 0.497 e. The number of likely N-dealkylation sites (N-methyl/N-ethyl adjacent to an activating group) is 1. The normalized spacial score (nSPS) is 11.9. The molecule has 2 amide bonds. The van der Waals surface area contributed by atoms with E-state index in [-0.39, 0.29) is 17.3 Å². The monoisotopic (exact) mass is 583 g/mol. The molecule has 0 unspecified atom stereocenters. The highest BCUT2D eigenvalue weighted by Gasteiger charge is 2.33. The number of thioether (sulfide) groups is 1. The molecule has 0 aliphatic heterocycles. The third-order valence-corrected chi connectivity index (χ3v) is 9.00. The Bertz CT molecular complexity index is 1390. The predicted octanol–water partition coefficient (Wildman–Crippen LogP) is 4.86. The quantitative estimate of drug-likeness (QED) is 0.289. The second-order valence-electron chi connectivity index (χ2n) is 9.21. The summed E-state index contributed by atoms with van der Waals surface area (Å²) < 4.78 is 34.3. The Kier molecular flexibility index (Phi) is 11.0. The Labute approximate surface area is 241 Å². The van der Waals surface area contributed by atoms with Gasteiger partial charge in [-0.3, -0.25) is 13.9 Å². The number of nitrogens with zero attached hydrogens (tertiary/aromatic N) is 2. The molecule has 40 heavy (non-hydrogen) atoms. The number of methoxy groups -OCH3 is 1. The summed E-state index contributed by atoms with van der Waals surface area (Å²) in [6.07, 6.45) is 2.27. The molecule has 0 aliphatic carbocycles. The van der Waals surface area contributed by atoms with Gasteiger partial charge in [0.2, 0.25) is 11.8 Å². The summed E-state index contributed by atoms with van der Waals surface area (Å²) in [4.78, 5) is 29.5. The fourth-order valence-electron chi connectivity index (χ4n) is 4.29. The van der Waals surface area contributed by atoms with Crippen LogP contribution in [0.5, 0.6) is 5.75 Å². The lowest BCUT2D eigenvalue weighted by Crippen LogP contribution is -2.52. The summed E-state index contributed by atoms with van der Waals surface area (Å²) in [6.45, 7) is 5.58. The van der Waals surface area contributed by atoms with Crippen molar-refractivity contribution in [1.82, 2.24) is 10.2 Å². The Morgan fingerprint density at radius 1 is 1.00 bits per heavy atom. The minimum atomic E-state index is -4.11. The van der Waals surface area contributed by atoms with Crippen molar-refractivity contribution in [3.63, 3.8) is 0 Å². The van der Waals surface area contributed by atoms with E-state index in [9.17, 15) is 18.0 Å². The predicted molar refractivity (Wildman–Crippen MR) is 160 cm³/mol. The van der Waals surface area contributed by atoms with Crippen LogP contribution < -0.4 is 14.4 Å². The topological polar surface area (TPSA) is 96.0 Å². The zero-order chi connectivity index (χ0) is 29.3. The van der Waals surface area contributed by atoms with Crippen molar-refractivity contribution in [2.24, 2.45) is 0 Å². The van der Waals surface area contributed by atoms with E-state index in [4.69, 9.17) is 4.74 Å². The zero-order valence-corrected chi connectivity index (χ0v) is 25.2. The molecule has 0 spiro atoms. The van der Waals surface area contributed by atoms with Crippen LogP contribution in [0.15, 0.2) is 82.6 Å². The van der Waals surface area contributed by atoms with Crippen molar-refractivity contribution in [3.8, 4) is 5.75 Å². The van der Waals surface area contributed by atoms with Crippen LogP contribution in [0.2, 0.25) is 0 Å². The van der Waals surface area contributed by atoms with Gasteiger partial charge in [0.15, 0.2) is 0 Å². The molecule has 3 rings (SSSR count). The lowest BCUT2D eigenvalue weighted by molar-refractivity contribution is -0.140. The van der Waals surface area contributed by atoms with Crippen LogP contribution in [0.4, 0.5) is 5.69 Å². The Balaban J connectivity index is 2.06. The minimum Gasteiger partial charge on any atom is -0.497 e. The Hall–Kier alpha value is -3.50. The van der Waals surface area contributed by atoms with Gasteiger partial charge in [-0.25, -0.2) is 8.42 Å². The fraction of sp³-hybridized carbons (Fsp3) is 0.333. The summed E-state index contributed by atoms with van der Waals surface area (Å²) in [5.41, 5.74) is 2.08. The number of benzene rings is 3. The van der Waals surface area contributed by atoms with E-state index in [0.29, 0.717) is 24.4 Å². The molecule has 8 nitrogen and oxygen atoms in total. The highest BCUT2D eigenvalue weighted by Crippen LogP contribution is 2.27. The number of sulfonamides is 1. The van der Waals surface area contributed by atoms with Crippen molar-refractivity contribution in [1.29, 1.82) is 0 Å². The molecule has 1 N–H and O–H groups in total. The maximum Gasteiger partial charge on any atom is 0.264 e. The first-order valence-electron chi connectivity index (χ1n) is 13.1. The van der Waals surface area contributed by atoms with Gasteiger partial charge in [-0.05, 0) is 80.6 Å². The third kappa shape index (κ3) is 7.57. The average Bonchev–Trinajstić information content (AvgIpc) is 2.96. The molecule has 3 aromatic rings. The van der Waals surface area contributed by atoms with Crippen LogP contribution in [0.3, 0.4) is 0 Å². The van der Waals surface area contributed by atoms with Gasteiger partial charge in [0.1, 0.15) is 18.3 Å². The van der Waals surface area contributed by atoms with E-state index in [1.165, 1.54) is 16.7 Å². The molecule has 1 atom stereocenters. The highest BCUT2D eigenvalue weighted by molar-refractivity contribution is 7.98. The van der Waals surface area contributed by atoms with Crippen LogP contribution in [0, 0.1) is 6.92 Å². The zero-order valence-electron chi connectivity index (χ0n) is 23.6. The number of carbonyl (C=O) groups excluding carboxylic acids is 2. The number of nitrogens with one attached hydrogen (secondary N) is 1. The maximum atomic E-state index is 14.0. The summed E-state index contributed by atoms with van der Waals surface area (Å²) in [7, 11) is -2.55. The Morgan fingerprint density at radius 3 is 2.25 bits per heavy atom. The number of hydrogen-bond acceptors (Lipinski definition) is 6. The van der Waals surface area contributed by atoms with Crippen LogP contribution in [-0.2, 0) is 26.2 Å². The number of hydrogen-bond donors (Lipinski definition) is 1. The molecule has 0 bridgehead atoms. The first-order valence-corrected chi connectivity index (χ1v) is 15.7. The lowest BCUT2D eigenvalue weighted by Gasteiger charge is -2.33. The smallest absolute Gasteiger partial charge is 0.264 e. The number of aryl methyl sites for hydroxylation is 1. The molecule has 3 aromatic carbocycles. The van der Waals surface area contributed by atoms with Crippen molar-refractivity contribution in [2.45, 2.75) is 49.6 Å². The fourth-order valence-corrected chi connectivity index (χ4v) is 6.12. The van der Waals surface area contributed by atoms with Gasteiger partial charge in [0.25, 0.3) is 10.0 Å². The third-order valence-electron chi connectivity index (χ3n) is 6.47. The van der Waals surface area contributed by atoms with Crippen LogP contribution in [-0.4, -0.2) is 57.6 Å². The van der Waals surface area contributed by atoms with Crippen molar-refractivity contribution < 1.29 is 22.7 Å². The van der Waals surface area contributed by atoms with Gasteiger partial charge in [0, 0.05) is 18.0 Å². The van der Waals surface area contributed by atoms with E-state index in [2.05, 4.69) is 5.32 Å². The van der Waals surface area contributed by atoms with Gasteiger partial charge in [-0.1, -0.05) is 36.8 Å². The summed E-state index contributed by atoms with van der Waals surface area (Å²) in [6, 6.07) is 20.0. The highest BCUT2D eigenvalue weighted by atomic mass is 32.2. The Morgan fingerprint density at radius 2 is 1.68 bits per heavy atom. The first-order chi connectivity index (χ1) is 19.1. The van der Waals surface area contributed by atoms with Crippen molar-refractivity contribution in [2.75, 3.05) is 30.8 Å². The number of amides is 2. The minimum absolute atomic E-state index is 0.0776. The number of ether oxygens (including phenoxy) is 1. The molecule has 0 heterocycles. The van der Waals surface area contributed by atoms with Crippen LogP contribution in [0.1, 0.15) is 31.4 Å². The van der Waals surface area contributed by atoms with E-state index in [0.717, 1.165) is 20.3 Å². The molecule has 0 fully saturated rings. The van der Waals surface area contributed by atoms with Gasteiger partial charge in [-0.2, -0.15) is 0 Å². The van der Waals surface area contributed by atoms with Crippen LogP contribution in [0.25, 0.3) is 0 Å². The lowest BCUT2D eigenvalue weighted by atomic mass is 10.1. The van der Waals surface area contributed by atoms with Gasteiger partial charge in [-0.15, -0.1) is 11.8 Å². The molecule has 214 valence electrons. The first kappa shape index (κ1) is 31.0. The molecule has 0 saturated carbocycles. The molecule has 0 radical (unpaired) electrons. The van der Waals surface area contributed by atoms with Gasteiger partial charge >= 0.3 is 0 Å². The molecule has 0 aromatic heterocycles. The maximum absolute atomic E-state index is 14.0. The summed E-state index contributed by atoms with van der Waals surface area (Å²) in [5.74, 6) is -0.169. The SMILES string of the molecule is CCNC(=O)[C@@H](CC)N(Cc1cccc(OC)c1)C(=O)CN(c1ccc(C)cc1)S(=O)(=O)c1ccc(SC)cc1. The van der Waals surface area contributed by atoms with E-state index in [1.54, 1.807) is 67.8 Å². The summed E-state index contributed by atoms with van der Waals surface area (Å²) >= 11 is 1.51. The molecule has 10 heteroatoms. The number of anilines is 1. The second kappa shape index (κ2) is 14.2. The van der Waals surface area contributed by atoms with Gasteiger partial charge < -0.3 is 15.0 Å². The number of carbonyl (C=O) groups is 2.